The average Bonchev–Trinajstić information content (AvgIpc) is 3.08. The highest BCUT2D eigenvalue weighted by atomic mass is 79.9. The van der Waals surface area contributed by atoms with Crippen LogP contribution >= 0.6 is 27.5 Å². The summed E-state index contributed by atoms with van der Waals surface area (Å²) in [6.45, 7) is 1.84. The van der Waals surface area contributed by atoms with Crippen LogP contribution < -0.4 is 5.32 Å². The maximum atomic E-state index is 13.0. The first-order valence-electron chi connectivity index (χ1n) is 9.96. The number of carbonyl (C=O) groups is 2. The van der Waals surface area contributed by atoms with E-state index < -0.39 is 12.1 Å². The van der Waals surface area contributed by atoms with E-state index in [0.29, 0.717) is 22.3 Å². The fourth-order valence-electron chi connectivity index (χ4n) is 3.72. The second-order valence-corrected chi connectivity index (χ2v) is 8.76. The quantitative estimate of drug-likeness (QED) is 0.488. The number of benzene rings is 2. The summed E-state index contributed by atoms with van der Waals surface area (Å²) < 4.78 is 0.661. The van der Waals surface area contributed by atoms with Crippen molar-refractivity contribution in [2.75, 3.05) is 6.54 Å². The number of rotatable bonds is 6. The molecular weight excluding hydrogens is 496 g/mol. The lowest BCUT2D eigenvalue weighted by Gasteiger charge is -2.23. The van der Waals surface area contributed by atoms with E-state index in [-0.39, 0.29) is 23.6 Å². The summed E-state index contributed by atoms with van der Waals surface area (Å²) in [5.74, 6) is -0.576. The van der Waals surface area contributed by atoms with Gasteiger partial charge in [0.25, 0.3) is 5.91 Å². The number of hydrogen-bond acceptors (Lipinski definition) is 5. The molecule has 0 saturated carbocycles. The van der Waals surface area contributed by atoms with Gasteiger partial charge in [0.05, 0.1) is 22.3 Å². The Morgan fingerprint density at radius 2 is 2.03 bits per heavy atom. The molecule has 1 aliphatic heterocycles. The van der Waals surface area contributed by atoms with Crippen LogP contribution in [0.2, 0.25) is 5.28 Å². The van der Waals surface area contributed by atoms with Crippen molar-refractivity contribution in [3.63, 3.8) is 0 Å². The molecule has 9 heteroatoms. The van der Waals surface area contributed by atoms with Crippen molar-refractivity contribution in [1.82, 2.24) is 20.2 Å². The maximum absolute atomic E-state index is 13.0. The van der Waals surface area contributed by atoms with E-state index in [0.717, 1.165) is 16.7 Å². The molecule has 2 atom stereocenters. The molecule has 3 aromatic rings. The molecule has 1 aliphatic rings. The highest BCUT2D eigenvalue weighted by Crippen LogP contribution is 2.31. The number of nitrogens with one attached hydrogen (secondary N) is 1. The molecule has 0 radical (unpaired) electrons. The molecule has 2 amide bonds. The number of aromatic nitrogens is 2. The van der Waals surface area contributed by atoms with Crippen LogP contribution in [0.1, 0.15) is 34.5 Å². The van der Waals surface area contributed by atoms with E-state index in [1.165, 1.54) is 4.90 Å². The second kappa shape index (κ2) is 9.36. The van der Waals surface area contributed by atoms with E-state index in [1.807, 2.05) is 42.5 Å². The first kappa shape index (κ1) is 22.4. The largest absolute Gasteiger partial charge is 0.391 e. The molecule has 0 fully saturated rings. The molecule has 0 saturated heterocycles. The van der Waals surface area contributed by atoms with Crippen molar-refractivity contribution in [3.05, 3.63) is 81.2 Å². The summed E-state index contributed by atoms with van der Waals surface area (Å²) in [6, 6.07) is 14.1. The molecule has 0 spiro atoms. The molecule has 2 heterocycles. The van der Waals surface area contributed by atoms with Crippen molar-refractivity contribution >= 4 is 39.3 Å². The van der Waals surface area contributed by atoms with E-state index in [9.17, 15) is 14.7 Å². The minimum atomic E-state index is -0.784. The Labute approximate surface area is 198 Å². The van der Waals surface area contributed by atoms with Crippen molar-refractivity contribution in [2.45, 2.75) is 25.6 Å². The van der Waals surface area contributed by atoms with Gasteiger partial charge >= 0.3 is 0 Å². The third kappa shape index (κ3) is 4.67. The lowest BCUT2D eigenvalue weighted by molar-refractivity contribution is -0.123. The van der Waals surface area contributed by atoms with Crippen molar-refractivity contribution in [3.8, 4) is 11.3 Å². The van der Waals surface area contributed by atoms with Gasteiger partial charge in [0.1, 0.15) is 6.54 Å². The Morgan fingerprint density at radius 1 is 1.28 bits per heavy atom. The minimum absolute atomic E-state index is 0.109. The summed E-state index contributed by atoms with van der Waals surface area (Å²) in [4.78, 5) is 35.3. The van der Waals surface area contributed by atoms with Gasteiger partial charge in [0, 0.05) is 23.9 Å². The summed E-state index contributed by atoms with van der Waals surface area (Å²) in [5.41, 5.74) is 3.45. The predicted octanol–water partition coefficient (Wildman–Crippen LogP) is 3.75. The fourth-order valence-corrected chi connectivity index (χ4v) is 4.27. The topological polar surface area (TPSA) is 95.4 Å². The van der Waals surface area contributed by atoms with Gasteiger partial charge in [-0.25, -0.2) is 9.97 Å². The standard InChI is InChI=1S/C23H20BrClN4O3/c1-13(30)20(14-5-3-2-4-6-14)27-19(31)12-29-11-16-8-7-15(9-17(16)22(29)32)21-18(24)10-26-23(25)28-21/h2-10,13,20,30H,11-12H2,1H3,(H,27,31)/t13-,20+/m0/s1. The van der Waals surface area contributed by atoms with Crippen LogP contribution in [0.3, 0.4) is 0 Å². The Kier molecular flexibility index (Phi) is 6.55. The molecule has 0 aliphatic carbocycles. The van der Waals surface area contributed by atoms with Crippen LogP contribution in [-0.4, -0.2) is 44.4 Å². The molecule has 0 bridgehead atoms. The number of nitrogens with zero attached hydrogens (tertiary/aromatic N) is 3. The third-order valence-corrected chi connectivity index (χ3v) is 6.03. The summed E-state index contributed by atoms with van der Waals surface area (Å²) in [6.07, 6.45) is 0.773. The maximum Gasteiger partial charge on any atom is 0.254 e. The van der Waals surface area contributed by atoms with Gasteiger partial charge in [-0.3, -0.25) is 9.59 Å². The lowest BCUT2D eigenvalue weighted by Crippen LogP contribution is -2.41. The van der Waals surface area contributed by atoms with E-state index in [1.54, 1.807) is 19.2 Å². The zero-order chi connectivity index (χ0) is 22.8. The van der Waals surface area contributed by atoms with Crippen molar-refractivity contribution in [1.29, 1.82) is 0 Å². The first-order valence-corrected chi connectivity index (χ1v) is 11.1. The van der Waals surface area contributed by atoms with Crippen LogP contribution in [0, 0.1) is 0 Å². The zero-order valence-electron chi connectivity index (χ0n) is 17.1. The van der Waals surface area contributed by atoms with Gasteiger partial charge in [0.2, 0.25) is 11.2 Å². The molecule has 2 N–H and O–H groups in total. The van der Waals surface area contributed by atoms with Crippen molar-refractivity contribution < 1.29 is 14.7 Å². The number of carbonyl (C=O) groups excluding carboxylic acids is 2. The van der Waals surface area contributed by atoms with Gasteiger partial charge in [0.15, 0.2) is 0 Å². The van der Waals surface area contributed by atoms with Gasteiger partial charge in [-0.15, -0.1) is 0 Å². The fraction of sp³-hybridized carbons (Fsp3) is 0.217. The van der Waals surface area contributed by atoms with Gasteiger partial charge in [-0.1, -0.05) is 42.5 Å². The average molecular weight is 516 g/mol. The molecule has 1 aromatic heterocycles. The van der Waals surface area contributed by atoms with Crippen LogP contribution in [0.25, 0.3) is 11.3 Å². The predicted molar refractivity (Wildman–Crippen MR) is 124 cm³/mol. The van der Waals surface area contributed by atoms with Gasteiger partial charge < -0.3 is 15.3 Å². The van der Waals surface area contributed by atoms with E-state index in [4.69, 9.17) is 11.6 Å². The van der Waals surface area contributed by atoms with Crippen LogP contribution in [-0.2, 0) is 11.3 Å². The number of hydrogen-bond donors (Lipinski definition) is 2. The monoisotopic (exact) mass is 514 g/mol. The number of aliphatic hydroxyl groups excluding tert-OH is 1. The Morgan fingerprint density at radius 3 is 2.75 bits per heavy atom. The highest BCUT2D eigenvalue weighted by molar-refractivity contribution is 9.10. The molecule has 164 valence electrons. The molecule has 2 aromatic carbocycles. The molecule has 4 rings (SSSR count). The number of amides is 2. The molecular formula is C23H20BrClN4O3. The Bertz CT molecular complexity index is 1170. The minimum Gasteiger partial charge on any atom is -0.391 e. The van der Waals surface area contributed by atoms with Crippen LogP contribution in [0.15, 0.2) is 59.2 Å². The van der Waals surface area contributed by atoms with E-state index >= 15 is 0 Å². The normalized spacial score (nSPS) is 14.8. The highest BCUT2D eigenvalue weighted by Gasteiger charge is 2.30. The van der Waals surface area contributed by atoms with Gasteiger partial charge in [-0.05, 0) is 51.6 Å². The number of fused-ring (bicyclic) bond motifs is 1. The van der Waals surface area contributed by atoms with Crippen molar-refractivity contribution in [2.24, 2.45) is 0 Å². The smallest absolute Gasteiger partial charge is 0.254 e. The Balaban J connectivity index is 1.49. The lowest BCUT2D eigenvalue weighted by atomic mass is 10.0. The van der Waals surface area contributed by atoms with E-state index in [2.05, 4.69) is 31.2 Å². The second-order valence-electron chi connectivity index (χ2n) is 7.57. The number of halogens is 2. The Hall–Kier alpha value is -2.81. The molecule has 0 unspecified atom stereocenters. The number of aliphatic hydroxyl groups is 1. The third-order valence-electron chi connectivity index (χ3n) is 5.27. The summed E-state index contributed by atoms with van der Waals surface area (Å²) in [7, 11) is 0. The van der Waals surface area contributed by atoms with Crippen LogP contribution in [0.5, 0.6) is 0 Å². The molecule has 32 heavy (non-hydrogen) atoms. The zero-order valence-corrected chi connectivity index (χ0v) is 19.5. The molecule has 7 nitrogen and oxygen atoms in total. The van der Waals surface area contributed by atoms with Crippen LogP contribution in [0.4, 0.5) is 0 Å². The first-order chi connectivity index (χ1) is 15.3. The van der Waals surface area contributed by atoms with Gasteiger partial charge in [-0.2, -0.15) is 0 Å². The summed E-state index contributed by atoms with van der Waals surface area (Å²) >= 11 is 9.33. The SMILES string of the molecule is C[C@H](O)[C@@H](NC(=O)CN1Cc2ccc(-c3nc(Cl)ncc3Br)cc2C1=O)c1ccccc1. The summed E-state index contributed by atoms with van der Waals surface area (Å²) in [5, 5.41) is 13.1.